The van der Waals surface area contributed by atoms with Crippen molar-refractivity contribution in [3.8, 4) is 6.07 Å². The molecule has 2 aromatic heterocycles. The molecule has 0 spiro atoms. The maximum atomic E-state index is 11.9. The number of nitriles is 1. The van der Waals surface area contributed by atoms with Gasteiger partial charge in [0.05, 0.1) is 23.8 Å². The Labute approximate surface area is 172 Å². The first-order chi connectivity index (χ1) is 14.5. The molecule has 1 saturated heterocycles. The van der Waals surface area contributed by atoms with Crippen LogP contribution >= 0.6 is 0 Å². The van der Waals surface area contributed by atoms with Crippen molar-refractivity contribution in [2.75, 3.05) is 24.7 Å². The smallest absolute Gasteiger partial charge is 0.211 e. The van der Waals surface area contributed by atoms with Crippen molar-refractivity contribution in [1.82, 2.24) is 24.8 Å². The monoisotopic (exact) mass is 425 g/mol. The first-order valence-electron chi connectivity index (χ1n) is 9.58. The number of H-pyrrole nitrogens is 1. The van der Waals surface area contributed by atoms with E-state index < -0.39 is 10.0 Å². The van der Waals surface area contributed by atoms with Crippen molar-refractivity contribution in [3.05, 3.63) is 46.8 Å². The minimum atomic E-state index is -3.22. The van der Waals surface area contributed by atoms with E-state index in [0.29, 0.717) is 48.4 Å². The second kappa shape index (κ2) is 6.93. The predicted molar refractivity (Wildman–Crippen MR) is 108 cm³/mol. The van der Waals surface area contributed by atoms with Gasteiger partial charge in [0.1, 0.15) is 11.0 Å². The Morgan fingerprint density at radius 2 is 2.03 bits per heavy atom. The van der Waals surface area contributed by atoms with E-state index in [1.165, 1.54) is 10.6 Å². The number of allylic oxidation sites excluding steroid dienone is 2. The molecule has 1 fully saturated rings. The number of nitrogens with one attached hydrogen (secondary N) is 2. The zero-order valence-electron chi connectivity index (χ0n) is 16.2. The van der Waals surface area contributed by atoms with Crippen LogP contribution in [0.4, 0.5) is 5.82 Å². The Bertz CT molecular complexity index is 1290. The summed E-state index contributed by atoms with van der Waals surface area (Å²) in [6.07, 6.45) is 4.26. The fourth-order valence-electron chi connectivity index (χ4n) is 4.43. The predicted octanol–water partition coefficient (Wildman–Crippen LogP) is 1.95. The van der Waals surface area contributed by atoms with E-state index in [2.05, 4.69) is 31.9 Å². The molecule has 0 aliphatic carbocycles. The fraction of sp³-hybridized carbons (Fsp3) is 0.368. The quantitative estimate of drug-likeness (QED) is 0.649. The molecule has 0 amide bonds. The number of hydrogen-bond acceptors (Lipinski definition) is 8. The molecule has 5 rings (SSSR count). The summed E-state index contributed by atoms with van der Waals surface area (Å²) in [7, 11) is -3.22. The zero-order chi connectivity index (χ0) is 20.9. The number of fused-ring (bicyclic) bond motifs is 2. The number of sulfonamides is 1. The molecule has 3 aromatic rings. The van der Waals surface area contributed by atoms with E-state index in [0.717, 1.165) is 16.8 Å². The Balaban J connectivity index is 1.60. The van der Waals surface area contributed by atoms with Gasteiger partial charge in [-0.25, -0.2) is 17.4 Å². The summed E-state index contributed by atoms with van der Waals surface area (Å²) in [5, 5.41) is 28.7. The van der Waals surface area contributed by atoms with Crippen molar-refractivity contribution < 1.29 is 13.0 Å². The van der Waals surface area contributed by atoms with Gasteiger partial charge >= 0.3 is 0 Å². The van der Waals surface area contributed by atoms with Crippen LogP contribution in [0.15, 0.2) is 40.3 Å². The van der Waals surface area contributed by atoms with Gasteiger partial charge in [-0.2, -0.15) is 10.4 Å². The highest BCUT2D eigenvalue weighted by molar-refractivity contribution is 7.88. The molecule has 0 radical (unpaired) electrons. The van der Waals surface area contributed by atoms with Crippen molar-refractivity contribution in [2.24, 2.45) is 5.92 Å². The van der Waals surface area contributed by atoms with E-state index in [-0.39, 0.29) is 11.8 Å². The number of benzene rings is 1. The Morgan fingerprint density at radius 1 is 1.23 bits per heavy atom. The van der Waals surface area contributed by atoms with Crippen molar-refractivity contribution in [3.63, 3.8) is 0 Å². The minimum absolute atomic E-state index is 0.0274. The molecule has 11 heteroatoms. The third-order valence-electron chi connectivity index (χ3n) is 5.89. The normalized spacial score (nSPS) is 20.7. The summed E-state index contributed by atoms with van der Waals surface area (Å²) in [5.41, 5.74) is 4.27. The topological polar surface area (TPSA) is 141 Å². The lowest BCUT2D eigenvalue weighted by molar-refractivity contribution is 0.299. The van der Waals surface area contributed by atoms with Crippen molar-refractivity contribution in [2.45, 2.75) is 18.8 Å². The summed E-state index contributed by atoms with van der Waals surface area (Å²) in [6, 6.07) is 7.98. The molecule has 4 heterocycles. The van der Waals surface area contributed by atoms with Gasteiger partial charge in [0, 0.05) is 36.5 Å². The van der Waals surface area contributed by atoms with Gasteiger partial charge in [0.25, 0.3) is 0 Å². The molecule has 10 nitrogen and oxygen atoms in total. The summed E-state index contributed by atoms with van der Waals surface area (Å²) < 4.78 is 30.1. The lowest BCUT2D eigenvalue weighted by Crippen LogP contribution is -2.39. The first kappa shape index (κ1) is 18.8. The largest absolute Gasteiger partial charge is 0.341 e. The summed E-state index contributed by atoms with van der Waals surface area (Å²) >= 11 is 0. The highest BCUT2D eigenvalue weighted by atomic mass is 32.2. The Hall–Kier alpha value is -3.23. The number of rotatable bonds is 3. The van der Waals surface area contributed by atoms with Gasteiger partial charge < -0.3 is 5.32 Å². The standard InChI is InChI=1S/C19H19N7O3S/c1-30(27,28)26-7-5-11(6-8-26)17-13(9-20)16(14-10-21-23-19(14)22-17)12-3-2-4-15-18(12)25-29-24-15/h2-4,10-11,16H,5-8H2,1H3,(H2,21,22,23). The lowest BCUT2D eigenvalue weighted by atomic mass is 9.79. The Morgan fingerprint density at radius 3 is 2.77 bits per heavy atom. The maximum absolute atomic E-state index is 11.9. The van der Waals surface area contributed by atoms with Crippen molar-refractivity contribution in [1.29, 1.82) is 5.26 Å². The number of piperidine rings is 1. The first-order valence-corrected chi connectivity index (χ1v) is 11.4. The van der Waals surface area contributed by atoms with Crippen LogP contribution in [0.2, 0.25) is 0 Å². The number of anilines is 1. The number of aromatic nitrogens is 4. The minimum Gasteiger partial charge on any atom is -0.341 e. The third kappa shape index (κ3) is 2.96. The van der Waals surface area contributed by atoms with Crippen LogP contribution in [0.1, 0.15) is 29.9 Å². The average Bonchev–Trinajstić information content (AvgIpc) is 3.40. The van der Waals surface area contributed by atoms with Gasteiger partial charge in [0.2, 0.25) is 10.0 Å². The number of hydrogen-bond donors (Lipinski definition) is 2. The summed E-state index contributed by atoms with van der Waals surface area (Å²) in [4.78, 5) is 0. The molecule has 2 aliphatic heterocycles. The van der Waals surface area contributed by atoms with Gasteiger partial charge in [-0.15, -0.1) is 0 Å². The molecule has 0 bridgehead atoms. The van der Waals surface area contributed by atoms with E-state index in [1.807, 2.05) is 18.2 Å². The molecule has 1 unspecified atom stereocenters. The molecule has 2 N–H and O–H groups in total. The average molecular weight is 425 g/mol. The number of nitrogens with zero attached hydrogens (tertiary/aromatic N) is 5. The number of aromatic amines is 1. The van der Waals surface area contributed by atoms with E-state index >= 15 is 0 Å². The maximum Gasteiger partial charge on any atom is 0.211 e. The summed E-state index contributed by atoms with van der Waals surface area (Å²) in [5.74, 6) is 0.316. The SMILES string of the molecule is CS(=O)(=O)N1CCC(C2=C(C#N)C(c3cccc4nonc34)c3c[nH]nc3N2)CC1. The van der Waals surface area contributed by atoms with Gasteiger partial charge in [-0.3, -0.25) is 5.10 Å². The molecule has 30 heavy (non-hydrogen) atoms. The molecule has 1 atom stereocenters. The van der Waals surface area contributed by atoms with Gasteiger partial charge in [-0.1, -0.05) is 12.1 Å². The second-order valence-electron chi connectivity index (χ2n) is 7.60. The Kier molecular flexibility index (Phi) is 4.34. The van der Waals surface area contributed by atoms with Crippen LogP contribution in [-0.4, -0.2) is 52.6 Å². The van der Waals surface area contributed by atoms with Crippen LogP contribution in [0.25, 0.3) is 11.0 Å². The lowest BCUT2D eigenvalue weighted by Gasteiger charge is -2.35. The van der Waals surface area contributed by atoms with Gasteiger partial charge in [0.15, 0.2) is 5.82 Å². The van der Waals surface area contributed by atoms with Crippen LogP contribution in [0.5, 0.6) is 0 Å². The molecular formula is C19H19N7O3S. The highest BCUT2D eigenvalue weighted by Gasteiger charge is 2.37. The zero-order valence-corrected chi connectivity index (χ0v) is 17.0. The van der Waals surface area contributed by atoms with Crippen LogP contribution in [0, 0.1) is 17.2 Å². The van der Waals surface area contributed by atoms with Crippen LogP contribution in [-0.2, 0) is 10.0 Å². The molecule has 0 saturated carbocycles. The van der Waals surface area contributed by atoms with Crippen LogP contribution in [0.3, 0.4) is 0 Å². The van der Waals surface area contributed by atoms with Crippen molar-refractivity contribution >= 4 is 26.9 Å². The molecule has 2 aliphatic rings. The van der Waals surface area contributed by atoms with Crippen LogP contribution < -0.4 is 5.32 Å². The van der Waals surface area contributed by atoms with E-state index in [9.17, 15) is 13.7 Å². The third-order valence-corrected chi connectivity index (χ3v) is 7.20. The summed E-state index contributed by atoms with van der Waals surface area (Å²) in [6.45, 7) is 0.850. The van der Waals surface area contributed by atoms with E-state index in [1.54, 1.807) is 6.20 Å². The van der Waals surface area contributed by atoms with Gasteiger partial charge in [-0.05, 0) is 34.8 Å². The molecule has 1 aromatic carbocycles. The molecule has 154 valence electrons. The van der Waals surface area contributed by atoms with E-state index in [4.69, 9.17) is 4.63 Å². The highest BCUT2D eigenvalue weighted by Crippen LogP contribution is 2.45. The molecular weight excluding hydrogens is 406 g/mol. The fourth-order valence-corrected chi connectivity index (χ4v) is 5.31. The second-order valence-corrected chi connectivity index (χ2v) is 9.58.